The highest BCUT2D eigenvalue weighted by atomic mass is 16.6. The Balaban J connectivity index is 1.81. The van der Waals surface area contributed by atoms with Crippen LogP contribution in [-0.4, -0.2) is 41.4 Å². The maximum atomic E-state index is 11.9. The highest BCUT2D eigenvalue weighted by molar-refractivity contribution is 5.90. The van der Waals surface area contributed by atoms with Gasteiger partial charge in [-0.15, -0.1) is 0 Å². The number of nitrogens with zero attached hydrogens (tertiary/aromatic N) is 6. The van der Waals surface area contributed by atoms with Gasteiger partial charge in [0.2, 0.25) is 0 Å². The maximum absolute atomic E-state index is 11.9. The van der Waals surface area contributed by atoms with Crippen molar-refractivity contribution in [3.63, 3.8) is 0 Å². The number of aromatic nitrogens is 2. The van der Waals surface area contributed by atoms with E-state index in [1.54, 1.807) is 42.2 Å². The van der Waals surface area contributed by atoms with Crippen molar-refractivity contribution in [2.24, 2.45) is 12.2 Å². The van der Waals surface area contributed by atoms with Crippen molar-refractivity contribution in [2.45, 2.75) is 6.10 Å². The largest absolute Gasteiger partial charge is 0.444 e. The van der Waals surface area contributed by atoms with Gasteiger partial charge >= 0.3 is 6.09 Å². The lowest BCUT2D eigenvalue weighted by Crippen LogP contribution is -2.24. The molecule has 1 aliphatic heterocycles. The summed E-state index contributed by atoms with van der Waals surface area (Å²) in [5, 5.41) is 7.70. The summed E-state index contributed by atoms with van der Waals surface area (Å²) in [4.78, 5) is 27.1. The third-order valence-corrected chi connectivity index (χ3v) is 3.66. The van der Waals surface area contributed by atoms with Crippen molar-refractivity contribution < 1.29 is 14.3 Å². The molecule has 0 unspecified atom stereocenters. The summed E-state index contributed by atoms with van der Waals surface area (Å²) in [7, 11) is 1.75. The van der Waals surface area contributed by atoms with Gasteiger partial charge in [-0.25, -0.2) is 4.79 Å². The van der Waals surface area contributed by atoms with Gasteiger partial charge in [0.1, 0.15) is 11.8 Å². The summed E-state index contributed by atoms with van der Waals surface area (Å²) in [5.74, 6) is 0. The van der Waals surface area contributed by atoms with Crippen molar-refractivity contribution >= 4 is 18.1 Å². The monoisotopic (exact) mass is 326 g/mol. The number of aryl methyl sites for hydroxylation is 1. The van der Waals surface area contributed by atoms with Crippen molar-refractivity contribution in [1.29, 1.82) is 0 Å². The molecule has 1 amide bonds. The van der Waals surface area contributed by atoms with Gasteiger partial charge in [-0.2, -0.15) is 5.10 Å². The average Bonchev–Trinajstić information content (AvgIpc) is 3.15. The van der Waals surface area contributed by atoms with Crippen LogP contribution in [0.5, 0.6) is 0 Å². The topological polar surface area (TPSA) is 113 Å². The van der Waals surface area contributed by atoms with Crippen LogP contribution in [0.4, 0.5) is 10.5 Å². The minimum atomic E-state index is -0.479. The molecule has 2 heterocycles. The number of cyclic esters (lactones) is 1. The van der Waals surface area contributed by atoms with Crippen molar-refractivity contribution in [3.8, 4) is 11.3 Å². The molecule has 2 aromatic rings. The third kappa shape index (κ3) is 2.92. The second kappa shape index (κ2) is 6.43. The maximum Gasteiger partial charge on any atom is 0.414 e. The summed E-state index contributed by atoms with van der Waals surface area (Å²) < 4.78 is 6.72. The minimum Gasteiger partial charge on any atom is -0.444 e. The fourth-order valence-electron chi connectivity index (χ4n) is 2.57. The minimum absolute atomic E-state index is 0.105. The quantitative estimate of drug-likeness (QED) is 0.363. The molecule has 0 spiro atoms. The molecule has 0 aliphatic carbocycles. The van der Waals surface area contributed by atoms with E-state index in [-0.39, 0.29) is 6.54 Å². The van der Waals surface area contributed by atoms with Crippen LogP contribution in [0.15, 0.2) is 35.6 Å². The van der Waals surface area contributed by atoms with Crippen LogP contribution in [0.1, 0.15) is 10.4 Å². The molecule has 1 aromatic heterocycles. The molecule has 3 rings (SSSR count). The van der Waals surface area contributed by atoms with E-state index < -0.39 is 12.2 Å². The number of anilines is 1. The number of hydrogen-bond acceptors (Lipinski definition) is 5. The Hall–Kier alpha value is -3.32. The van der Waals surface area contributed by atoms with Crippen molar-refractivity contribution in [1.82, 2.24) is 9.78 Å². The second-order valence-electron chi connectivity index (χ2n) is 5.30. The molecule has 0 bridgehead atoms. The fraction of sp³-hybridized carbons (Fsp3) is 0.267. The number of azide groups is 1. The molecule has 1 aromatic carbocycles. The normalized spacial score (nSPS) is 16.6. The van der Waals surface area contributed by atoms with Crippen LogP contribution >= 0.6 is 0 Å². The molecular formula is C15H14N6O3. The molecule has 122 valence electrons. The average molecular weight is 326 g/mol. The first-order chi connectivity index (χ1) is 11.6. The van der Waals surface area contributed by atoms with Gasteiger partial charge in [0, 0.05) is 29.4 Å². The molecule has 9 heteroatoms. The van der Waals surface area contributed by atoms with Gasteiger partial charge in [0.05, 0.1) is 18.7 Å². The van der Waals surface area contributed by atoms with E-state index in [0.717, 1.165) is 11.8 Å². The molecule has 1 aliphatic rings. The number of benzene rings is 1. The molecule has 0 radical (unpaired) electrons. The van der Waals surface area contributed by atoms with Gasteiger partial charge < -0.3 is 4.74 Å². The first kappa shape index (κ1) is 15.6. The van der Waals surface area contributed by atoms with E-state index in [1.165, 1.54) is 4.90 Å². The summed E-state index contributed by atoms with van der Waals surface area (Å²) in [6.07, 6.45) is 1.47. The molecule has 9 nitrogen and oxygen atoms in total. The van der Waals surface area contributed by atoms with Crippen LogP contribution in [0.3, 0.4) is 0 Å². The lowest BCUT2D eigenvalue weighted by Gasteiger charge is -2.13. The standard InChI is InChI=1S/C15H14N6O3/c1-20-7-11(9-22)14(18-20)10-2-4-12(5-3-10)21-8-13(6-17-19-16)24-15(21)23/h2-5,7,9,13H,6,8H2,1H3/t13-/m0/s1. The predicted molar refractivity (Wildman–Crippen MR) is 85.7 cm³/mol. The Bertz CT molecular complexity index is 822. The number of carbonyl (C=O) groups excluding carboxylic acids is 2. The van der Waals surface area contributed by atoms with E-state index in [9.17, 15) is 9.59 Å². The SMILES string of the molecule is Cn1cc(C=O)c(-c2ccc(N3C[C@H](CN=[N+]=[N-])OC3=O)cc2)n1. The van der Waals surface area contributed by atoms with Crippen LogP contribution in [0, 0.1) is 0 Å². The first-order valence-corrected chi connectivity index (χ1v) is 7.20. The number of rotatable bonds is 5. The van der Waals surface area contributed by atoms with Gasteiger partial charge in [-0.3, -0.25) is 14.4 Å². The smallest absolute Gasteiger partial charge is 0.414 e. The zero-order chi connectivity index (χ0) is 17.1. The van der Waals surface area contributed by atoms with Gasteiger partial charge in [-0.05, 0) is 17.7 Å². The van der Waals surface area contributed by atoms with Gasteiger partial charge in [0.25, 0.3) is 0 Å². The summed E-state index contributed by atoms with van der Waals surface area (Å²) in [6, 6.07) is 7.10. The summed E-state index contributed by atoms with van der Waals surface area (Å²) in [6.45, 7) is 0.424. The lowest BCUT2D eigenvalue weighted by molar-refractivity contribution is 0.112. The molecule has 0 saturated carbocycles. The van der Waals surface area contributed by atoms with Crippen LogP contribution < -0.4 is 4.90 Å². The summed E-state index contributed by atoms with van der Waals surface area (Å²) >= 11 is 0. The Labute approximate surface area is 137 Å². The zero-order valence-corrected chi connectivity index (χ0v) is 12.9. The van der Waals surface area contributed by atoms with Crippen LogP contribution in [0.25, 0.3) is 21.7 Å². The Morgan fingerprint density at radius 3 is 2.88 bits per heavy atom. The van der Waals surface area contributed by atoms with E-state index in [4.69, 9.17) is 10.3 Å². The molecule has 0 N–H and O–H groups in total. The Kier molecular flexibility index (Phi) is 4.17. The highest BCUT2D eigenvalue weighted by Crippen LogP contribution is 2.26. The molecular weight excluding hydrogens is 312 g/mol. The van der Waals surface area contributed by atoms with E-state index in [1.807, 2.05) is 0 Å². The lowest BCUT2D eigenvalue weighted by atomic mass is 10.1. The summed E-state index contributed by atoms with van der Waals surface area (Å²) in [5.41, 5.74) is 10.9. The van der Waals surface area contributed by atoms with Gasteiger partial charge in [-0.1, -0.05) is 17.2 Å². The van der Waals surface area contributed by atoms with Crippen molar-refractivity contribution in [3.05, 3.63) is 46.5 Å². The molecule has 1 fully saturated rings. The molecule has 1 saturated heterocycles. The van der Waals surface area contributed by atoms with Crippen molar-refractivity contribution in [2.75, 3.05) is 18.0 Å². The Morgan fingerprint density at radius 2 is 2.21 bits per heavy atom. The van der Waals surface area contributed by atoms with Crippen LogP contribution in [0.2, 0.25) is 0 Å². The second-order valence-corrected chi connectivity index (χ2v) is 5.30. The van der Waals surface area contributed by atoms with E-state index in [0.29, 0.717) is 23.5 Å². The van der Waals surface area contributed by atoms with Crippen LogP contribution in [-0.2, 0) is 11.8 Å². The number of carbonyl (C=O) groups is 2. The van der Waals surface area contributed by atoms with Gasteiger partial charge in [0.15, 0.2) is 6.29 Å². The fourth-order valence-corrected chi connectivity index (χ4v) is 2.57. The molecule has 1 atom stereocenters. The molecule has 24 heavy (non-hydrogen) atoms. The third-order valence-electron chi connectivity index (χ3n) is 3.66. The number of hydrogen-bond donors (Lipinski definition) is 0. The first-order valence-electron chi connectivity index (χ1n) is 7.20. The number of aldehydes is 1. The number of amides is 1. The van der Waals surface area contributed by atoms with E-state index >= 15 is 0 Å². The zero-order valence-electron chi connectivity index (χ0n) is 12.9. The van der Waals surface area contributed by atoms with E-state index in [2.05, 4.69) is 15.1 Å². The number of ether oxygens (including phenoxy) is 1. The Morgan fingerprint density at radius 1 is 1.46 bits per heavy atom. The predicted octanol–water partition coefficient (Wildman–Crippen LogP) is 2.54. The highest BCUT2D eigenvalue weighted by Gasteiger charge is 2.31.